The van der Waals surface area contributed by atoms with Gasteiger partial charge in [-0.15, -0.1) is 0 Å². The van der Waals surface area contributed by atoms with Crippen molar-refractivity contribution in [2.45, 2.75) is 0 Å². The molecule has 8 aromatic rings. The molecule has 2 heterocycles. The Hall–Kier alpha value is -6.00. The van der Waals surface area contributed by atoms with Gasteiger partial charge in [0.2, 0.25) is 0 Å². The van der Waals surface area contributed by atoms with Crippen LogP contribution in [0.4, 0.5) is 0 Å². The SMILES string of the molecule is O=Cc1cccc(-c2c3ccccc3nc3ccccc23)c1-c1c(C=O)cccc1-c1c2ccccc2nc2ccccc12. The highest BCUT2D eigenvalue weighted by molar-refractivity contribution is 6.18. The highest BCUT2D eigenvalue weighted by Crippen LogP contribution is 2.47. The van der Waals surface area contributed by atoms with Crippen LogP contribution in [0.1, 0.15) is 20.7 Å². The molecule has 0 atom stereocenters. The van der Waals surface area contributed by atoms with Crippen LogP contribution in [0.3, 0.4) is 0 Å². The molecule has 0 radical (unpaired) electrons. The van der Waals surface area contributed by atoms with Crippen molar-refractivity contribution in [2.75, 3.05) is 0 Å². The molecule has 0 N–H and O–H groups in total. The Kier molecular flexibility index (Phi) is 6.05. The second-order valence-electron chi connectivity index (χ2n) is 10.8. The summed E-state index contributed by atoms with van der Waals surface area (Å²) in [5, 5.41) is 3.89. The van der Waals surface area contributed by atoms with E-state index in [2.05, 4.69) is 24.3 Å². The van der Waals surface area contributed by atoms with Crippen molar-refractivity contribution >= 4 is 56.2 Å². The minimum atomic E-state index is 0.505. The Balaban J connectivity index is 1.57. The van der Waals surface area contributed by atoms with Crippen LogP contribution in [-0.2, 0) is 0 Å². The smallest absolute Gasteiger partial charge is 0.150 e. The maximum absolute atomic E-state index is 12.9. The molecule has 4 nitrogen and oxygen atoms in total. The summed E-state index contributed by atoms with van der Waals surface area (Å²) in [6.07, 6.45) is 1.77. The standard InChI is InChI=1S/C40H24N2O2/c43-23-25-11-9-17-31(39-27-13-1-5-19-33(27)41-34-20-6-2-14-28(34)39)37(25)38-26(24-44)12-10-18-32(38)40-29-15-3-7-21-35(29)42-36-22-8-4-16-30(36)40/h1-24H. The lowest BCUT2D eigenvalue weighted by Gasteiger charge is -2.21. The Morgan fingerprint density at radius 1 is 0.341 bits per heavy atom. The number of nitrogens with zero attached hydrogens (tertiary/aromatic N) is 2. The summed E-state index contributed by atoms with van der Waals surface area (Å²) in [5.74, 6) is 0. The number of para-hydroxylation sites is 4. The van der Waals surface area contributed by atoms with E-state index in [4.69, 9.17) is 9.97 Å². The Bertz CT molecular complexity index is 2160. The van der Waals surface area contributed by atoms with Crippen LogP contribution in [0.5, 0.6) is 0 Å². The molecule has 44 heavy (non-hydrogen) atoms. The number of aromatic nitrogens is 2. The van der Waals surface area contributed by atoms with E-state index < -0.39 is 0 Å². The molecular weight excluding hydrogens is 540 g/mol. The zero-order valence-corrected chi connectivity index (χ0v) is 23.6. The lowest BCUT2D eigenvalue weighted by atomic mass is 9.81. The molecule has 0 amide bonds. The Labute approximate surface area is 253 Å². The van der Waals surface area contributed by atoms with Crippen LogP contribution in [0, 0.1) is 0 Å². The summed E-state index contributed by atoms with van der Waals surface area (Å²) in [5.41, 5.74) is 9.55. The highest BCUT2D eigenvalue weighted by atomic mass is 16.1. The largest absolute Gasteiger partial charge is 0.298 e. The fourth-order valence-corrected chi connectivity index (χ4v) is 6.57. The third-order valence-electron chi connectivity index (χ3n) is 8.41. The third-order valence-corrected chi connectivity index (χ3v) is 8.41. The number of benzene rings is 6. The van der Waals surface area contributed by atoms with Crippen LogP contribution < -0.4 is 0 Å². The predicted molar refractivity (Wildman–Crippen MR) is 179 cm³/mol. The molecule has 0 aliphatic carbocycles. The molecule has 0 bridgehead atoms. The fraction of sp³-hybridized carbons (Fsp3) is 0. The van der Waals surface area contributed by atoms with Gasteiger partial charge in [-0.1, -0.05) is 109 Å². The van der Waals surface area contributed by atoms with Gasteiger partial charge in [0.1, 0.15) is 0 Å². The van der Waals surface area contributed by atoms with Crippen molar-refractivity contribution in [3.63, 3.8) is 0 Å². The minimum absolute atomic E-state index is 0.505. The fourth-order valence-electron chi connectivity index (χ4n) is 6.57. The van der Waals surface area contributed by atoms with Crippen molar-refractivity contribution < 1.29 is 9.59 Å². The first-order valence-corrected chi connectivity index (χ1v) is 14.5. The summed E-state index contributed by atoms with van der Waals surface area (Å²) in [6.45, 7) is 0. The maximum atomic E-state index is 12.9. The summed E-state index contributed by atoms with van der Waals surface area (Å²) in [6, 6.07) is 43.8. The van der Waals surface area contributed by atoms with E-state index in [0.29, 0.717) is 22.3 Å². The number of carbonyl (C=O) groups is 2. The predicted octanol–water partition coefficient (Wildman–Crippen LogP) is 9.72. The summed E-state index contributed by atoms with van der Waals surface area (Å²) in [4.78, 5) is 35.6. The normalized spacial score (nSPS) is 11.4. The second kappa shape index (κ2) is 10.4. The van der Waals surface area contributed by atoms with Crippen molar-refractivity contribution in [2.24, 2.45) is 0 Å². The van der Waals surface area contributed by atoms with E-state index in [0.717, 1.165) is 78.4 Å². The van der Waals surface area contributed by atoms with Gasteiger partial charge in [-0.25, -0.2) is 9.97 Å². The van der Waals surface area contributed by atoms with Gasteiger partial charge in [-0.3, -0.25) is 9.59 Å². The molecule has 0 fully saturated rings. The topological polar surface area (TPSA) is 59.9 Å². The van der Waals surface area contributed by atoms with Gasteiger partial charge in [0.15, 0.2) is 12.6 Å². The lowest BCUT2D eigenvalue weighted by molar-refractivity contribution is 0.111. The molecule has 206 valence electrons. The van der Waals surface area contributed by atoms with Gasteiger partial charge >= 0.3 is 0 Å². The molecule has 0 saturated heterocycles. The van der Waals surface area contributed by atoms with E-state index in [1.165, 1.54) is 0 Å². The molecule has 0 spiro atoms. The molecule has 8 rings (SSSR count). The second-order valence-corrected chi connectivity index (χ2v) is 10.8. The van der Waals surface area contributed by atoms with Gasteiger partial charge in [-0.2, -0.15) is 0 Å². The first-order chi connectivity index (χ1) is 21.8. The van der Waals surface area contributed by atoms with Crippen molar-refractivity contribution in [3.8, 4) is 33.4 Å². The number of hydrogen-bond donors (Lipinski definition) is 0. The first-order valence-electron chi connectivity index (χ1n) is 14.5. The van der Waals surface area contributed by atoms with E-state index in [-0.39, 0.29) is 0 Å². The van der Waals surface area contributed by atoms with Crippen molar-refractivity contribution in [1.82, 2.24) is 9.97 Å². The Morgan fingerprint density at radius 3 is 0.977 bits per heavy atom. The van der Waals surface area contributed by atoms with Gasteiger partial charge in [0, 0.05) is 54.9 Å². The highest BCUT2D eigenvalue weighted by Gasteiger charge is 2.24. The molecule has 0 unspecified atom stereocenters. The molecule has 2 aromatic heterocycles. The molecule has 4 heteroatoms. The Morgan fingerprint density at radius 2 is 0.659 bits per heavy atom. The molecular formula is C40H24N2O2. The third kappa shape index (κ3) is 3.92. The van der Waals surface area contributed by atoms with Crippen molar-refractivity contribution in [3.05, 3.63) is 145 Å². The van der Waals surface area contributed by atoms with Gasteiger partial charge in [-0.05, 0) is 35.4 Å². The summed E-state index contributed by atoms with van der Waals surface area (Å²) >= 11 is 0. The monoisotopic (exact) mass is 564 g/mol. The molecule has 0 saturated carbocycles. The summed E-state index contributed by atoms with van der Waals surface area (Å²) < 4.78 is 0. The number of hydrogen-bond acceptors (Lipinski definition) is 4. The maximum Gasteiger partial charge on any atom is 0.150 e. The van der Waals surface area contributed by atoms with Crippen LogP contribution in [0.2, 0.25) is 0 Å². The molecule has 6 aromatic carbocycles. The van der Waals surface area contributed by atoms with E-state index in [1.54, 1.807) is 0 Å². The summed E-state index contributed by atoms with van der Waals surface area (Å²) in [7, 11) is 0. The first kappa shape index (κ1) is 25.7. The average molecular weight is 565 g/mol. The average Bonchev–Trinajstić information content (AvgIpc) is 3.08. The number of pyridine rings is 2. The zero-order chi connectivity index (χ0) is 29.6. The molecule has 0 aliphatic heterocycles. The van der Waals surface area contributed by atoms with E-state index in [1.807, 2.05) is 109 Å². The number of rotatable bonds is 5. The van der Waals surface area contributed by atoms with Crippen molar-refractivity contribution in [1.29, 1.82) is 0 Å². The van der Waals surface area contributed by atoms with E-state index >= 15 is 0 Å². The van der Waals surface area contributed by atoms with Gasteiger partial charge in [0.05, 0.1) is 22.1 Å². The van der Waals surface area contributed by atoms with Crippen LogP contribution in [-0.4, -0.2) is 22.5 Å². The molecule has 0 aliphatic rings. The number of carbonyl (C=O) groups excluding carboxylic acids is 2. The number of aldehydes is 2. The van der Waals surface area contributed by atoms with Gasteiger partial charge in [0.25, 0.3) is 0 Å². The lowest BCUT2D eigenvalue weighted by Crippen LogP contribution is -2.00. The van der Waals surface area contributed by atoms with Crippen LogP contribution >= 0.6 is 0 Å². The minimum Gasteiger partial charge on any atom is -0.298 e. The van der Waals surface area contributed by atoms with Crippen LogP contribution in [0.15, 0.2) is 133 Å². The van der Waals surface area contributed by atoms with E-state index in [9.17, 15) is 9.59 Å². The van der Waals surface area contributed by atoms with Gasteiger partial charge < -0.3 is 0 Å². The number of fused-ring (bicyclic) bond motifs is 4. The quantitative estimate of drug-likeness (QED) is 0.154. The zero-order valence-electron chi connectivity index (χ0n) is 23.6. The van der Waals surface area contributed by atoms with Crippen LogP contribution in [0.25, 0.3) is 77.0 Å².